The predicted octanol–water partition coefficient (Wildman–Crippen LogP) is 2.19. The van der Waals surface area contributed by atoms with Gasteiger partial charge < -0.3 is 14.1 Å². The highest BCUT2D eigenvalue weighted by Gasteiger charge is 2.11. The van der Waals surface area contributed by atoms with Crippen LogP contribution in [0, 0.1) is 11.3 Å². The van der Waals surface area contributed by atoms with Crippen LogP contribution in [0.5, 0.6) is 5.75 Å². The molecule has 0 spiro atoms. The SMILES string of the molecule is CN(Cc1ccco1)C(=O)COc1cccc(C#N)c1. The Morgan fingerprint density at radius 1 is 1.40 bits per heavy atom. The molecule has 2 aromatic rings. The van der Waals surface area contributed by atoms with E-state index in [9.17, 15) is 4.79 Å². The monoisotopic (exact) mass is 270 g/mol. The summed E-state index contributed by atoms with van der Waals surface area (Å²) in [5, 5.41) is 8.78. The number of furan rings is 1. The van der Waals surface area contributed by atoms with Gasteiger partial charge in [0.15, 0.2) is 6.61 Å². The molecular weight excluding hydrogens is 256 g/mol. The largest absolute Gasteiger partial charge is 0.484 e. The Balaban J connectivity index is 1.86. The van der Waals surface area contributed by atoms with Gasteiger partial charge in [-0.3, -0.25) is 4.79 Å². The summed E-state index contributed by atoms with van der Waals surface area (Å²) in [5.74, 6) is 1.06. The molecule has 5 heteroatoms. The van der Waals surface area contributed by atoms with Crippen molar-refractivity contribution in [2.24, 2.45) is 0 Å². The van der Waals surface area contributed by atoms with Gasteiger partial charge in [-0.25, -0.2) is 0 Å². The summed E-state index contributed by atoms with van der Waals surface area (Å²) in [6.45, 7) is 0.319. The Kier molecular flexibility index (Phi) is 4.40. The number of rotatable bonds is 5. The van der Waals surface area contributed by atoms with Crippen LogP contribution in [0.4, 0.5) is 0 Å². The molecule has 1 heterocycles. The average Bonchev–Trinajstić information content (AvgIpc) is 2.97. The van der Waals surface area contributed by atoms with E-state index in [-0.39, 0.29) is 12.5 Å². The third-order valence-electron chi connectivity index (χ3n) is 2.72. The molecule has 20 heavy (non-hydrogen) atoms. The van der Waals surface area contributed by atoms with Crippen molar-refractivity contribution in [1.82, 2.24) is 4.90 Å². The minimum Gasteiger partial charge on any atom is -0.484 e. The third kappa shape index (κ3) is 3.62. The first-order valence-electron chi connectivity index (χ1n) is 6.08. The number of nitriles is 1. The molecule has 0 radical (unpaired) electrons. The Hall–Kier alpha value is -2.74. The summed E-state index contributed by atoms with van der Waals surface area (Å²) < 4.78 is 10.6. The maximum Gasteiger partial charge on any atom is 0.260 e. The molecule has 1 aromatic carbocycles. The van der Waals surface area contributed by atoms with Crippen LogP contribution in [0.1, 0.15) is 11.3 Å². The van der Waals surface area contributed by atoms with Crippen molar-refractivity contribution in [3.05, 3.63) is 54.0 Å². The molecule has 0 atom stereocenters. The minimum absolute atomic E-state index is 0.0773. The summed E-state index contributed by atoms with van der Waals surface area (Å²) >= 11 is 0. The van der Waals surface area contributed by atoms with Crippen molar-refractivity contribution in [3.63, 3.8) is 0 Å². The molecule has 5 nitrogen and oxygen atoms in total. The van der Waals surface area contributed by atoms with Gasteiger partial charge in [0.25, 0.3) is 5.91 Å². The van der Waals surface area contributed by atoms with Gasteiger partial charge in [0.2, 0.25) is 0 Å². The summed E-state index contributed by atoms with van der Waals surface area (Å²) in [7, 11) is 1.68. The smallest absolute Gasteiger partial charge is 0.260 e. The van der Waals surface area contributed by atoms with Crippen LogP contribution in [-0.4, -0.2) is 24.5 Å². The van der Waals surface area contributed by atoms with Crippen LogP contribution in [0.3, 0.4) is 0 Å². The molecule has 0 aliphatic carbocycles. The first-order valence-corrected chi connectivity index (χ1v) is 6.08. The lowest BCUT2D eigenvalue weighted by Crippen LogP contribution is -2.30. The Morgan fingerprint density at radius 3 is 2.95 bits per heavy atom. The van der Waals surface area contributed by atoms with Crippen LogP contribution in [0.2, 0.25) is 0 Å². The molecule has 0 N–H and O–H groups in total. The number of ether oxygens (including phenoxy) is 1. The highest BCUT2D eigenvalue weighted by atomic mass is 16.5. The van der Waals surface area contributed by atoms with Gasteiger partial charge in [-0.15, -0.1) is 0 Å². The van der Waals surface area contributed by atoms with Gasteiger partial charge in [0, 0.05) is 7.05 Å². The molecule has 0 bridgehead atoms. The second-order valence-corrected chi connectivity index (χ2v) is 4.26. The number of carbonyl (C=O) groups is 1. The molecule has 0 fully saturated rings. The molecule has 1 amide bonds. The Bertz CT molecular complexity index is 614. The van der Waals surface area contributed by atoms with E-state index in [0.29, 0.717) is 23.6 Å². The number of likely N-dealkylation sites (N-methyl/N-ethyl adjacent to an activating group) is 1. The molecule has 0 unspecified atom stereocenters. The molecule has 0 aliphatic rings. The molecule has 102 valence electrons. The van der Waals surface area contributed by atoms with E-state index in [0.717, 1.165) is 0 Å². The first-order chi connectivity index (χ1) is 9.69. The molecule has 0 saturated heterocycles. The number of nitrogens with zero attached hydrogens (tertiary/aromatic N) is 2. The highest BCUT2D eigenvalue weighted by Crippen LogP contribution is 2.12. The van der Waals surface area contributed by atoms with Gasteiger partial charge in [0.05, 0.1) is 24.4 Å². The van der Waals surface area contributed by atoms with Crippen LogP contribution in [0.25, 0.3) is 0 Å². The summed E-state index contributed by atoms with van der Waals surface area (Å²) in [6.07, 6.45) is 1.57. The van der Waals surface area contributed by atoms with Gasteiger partial charge in [-0.05, 0) is 30.3 Å². The van der Waals surface area contributed by atoms with Gasteiger partial charge in [0.1, 0.15) is 11.5 Å². The van der Waals surface area contributed by atoms with Crippen LogP contribution < -0.4 is 4.74 Å². The fourth-order valence-electron chi connectivity index (χ4n) is 1.64. The van der Waals surface area contributed by atoms with E-state index < -0.39 is 0 Å². The van der Waals surface area contributed by atoms with Gasteiger partial charge in [-0.1, -0.05) is 6.07 Å². The number of amides is 1. The summed E-state index contributed by atoms with van der Waals surface area (Å²) in [6, 6.07) is 12.3. The molecule has 0 saturated carbocycles. The zero-order valence-electron chi connectivity index (χ0n) is 11.1. The Morgan fingerprint density at radius 2 is 2.25 bits per heavy atom. The van der Waals surface area contributed by atoms with Crippen molar-refractivity contribution < 1.29 is 13.9 Å². The molecule has 2 rings (SSSR count). The summed E-state index contributed by atoms with van der Waals surface area (Å²) in [5.41, 5.74) is 0.499. The standard InChI is InChI=1S/C15H14N2O3/c1-17(10-14-6-3-7-19-14)15(18)11-20-13-5-2-4-12(8-13)9-16/h2-8H,10-11H2,1H3. The average molecular weight is 270 g/mol. The normalized spacial score (nSPS) is 9.80. The van der Waals surface area contributed by atoms with Crippen LogP contribution in [0.15, 0.2) is 47.1 Å². The number of hydrogen-bond acceptors (Lipinski definition) is 4. The lowest BCUT2D eigenvalue weighted by molar-refractivity contribution is -0.132. The molecule has 1 aromatic heterocycles. The minimum atomic E-state index is -0.163. The summed E-state index contributed by atoms with van der Waals surface area (Å²) in [4.78, 5) is 13.4. The van der Waals surface area contributed by atoms with Gasteiger partial charge >= 0.3 is 0 Å². The zero-order valence-corrected chi connectivity index (χ0v) is 11.1. The Labute approximate surface area is 117 Å². The highest BCUT2D eigenvalue weighted by molar-refractivity contribution is 5.77. The van der Waals surface area contributed by atoms with Crippen molar-refractivity contribution in [2.75, 3.05) is 13.7 Å². The molecule has 0 aliphatic heterocycles. The number of benzene rings is 1. The van der Waals surface area contributed by atoms with E-state index in [2.05, 4.69) is 0 Å². The third-order valence-corrected chi connectivity index (χ3v) is 2.72. The maximum atomic E-state index is 11.9. The topological polar surface area (TPSA) is 66.5 Å². The van der Waals surface area contributed by atoms with Crippen molar-refractivity contribution in [2.45, 2.75) is 6.54 Å². The van der Waals surface area contributed by atoms with Gasteiger partial charge in [-0.2, -0.15) is 5.26 Å². The van der Waals surface area contributed by atoms with Crippen molar-refractivity contribution in [3.8, 4) is 11.8 Å². The van der Waals surface area contributed by atoms with Crippen molar-refractivity contribution in [1.29, 1.82) is 5.26 Å². The fraction of sp³-hybridized carbons (Fsp3) is 0.200. The van der Waals surface area contributed by atoms with Crippen LogP contribution in [-0.2, 0) is 11.3 Å². The molecular formula is C15H14N2O3. The first kappa shape index (κ1) is 13.7. The van der Waals surface area contributed by atoms with E-state index in [1.165, 1.54) is 4.90 Å². The van der Waals surface area contributed by atoms with E-state index in [1.54, 1.807) is 49.7 Å². The number of hydrogen-bond donors (Lipinski definition) is 0. The number of carbonyl (C=O) groups excluding carboxylic acids is 1. The quantitative estimate of drug-likeness (QED) is 0.835. The maximum absolute atomic E-state index is 11.9. The van der Waals surface area contributed by atoms with E-state index >= 15 is 0 Å². The van der Waals surface area contributed by atoms with E-state index in [1.807, 2.05) is 6.07 Å². The second-order valence-electron chi connectivity index (χ2n) is 4.26. The van der Waals surface area contributed by atoms with Crippen LogP contribution >= 0.6 is 0 Å². The second kappa shape index (κ2) is 6.43. The van der Waals surface area contributed by atoms with Crippen molar-refractivity contribution >= 4 is 5.91 Å². The zero-order chi connectivity index (χ0) is 14.4. The fourth-order valence-corrected chi connectivity index (χ4v) is 1.64. The predicted molar refractivity (Wildman–Crippen MR) is 71.8 cm³/mol. The van der Waals surface area contributed by atoms with E-state index in [4.69, 9.17) is 14.4 Å². The lowest BCUT2D eigenvalue weighted by Gasteiger charge is -2.16. The lowest BCUT2D eigenvalue weighted by atomic mass is 10.2.